The molecule has 7 nitrogen and oxygen atoms in total. The third kappa shape index (κ3) is 4.99. The minimum Gasteiger partial charge on any atom is -0.356 e. The summed E-state index contributed by atoms with van der Waals surface area (Å²) in [5, 5.41) is 0.552. The average molecular weight is 436 g/mol. The van der Waals surface area contributed by atoms with E-state index in [0.717, 1.165) is 24.7 Å². The Kier molecular flexibility index (Phi) is 6.22. The summed E-state index contributed by atoms with van der Waals surface area (Å²) >= 11 is 5.98. The number of aromatic nitrogens is 2. The molecule has 29 heavy (non-hydrogen) atoms. The van der Waals surface area contributed by atoms with Crippen molar-refractivity contribution < 1.29 is 8.42 Å². The van der Waals surface area contributed by atoms with Crippen molar-refractivity contribution >= 4 is 33.3 Å². The zero-order chi connectivity index (χ0) is 20.3. The molecule has 4 rings (SSSR count). The van der Waals surface area contributed by atoms with Crippen LogP contribution in [-0.2, 0) is 15.8 Å². The van der Waals surface area contributed by atoms with Gasteiger partial charge in [-0.15, -0.1) is 0 Å². The minimum atomic E-state index is -3.38. The van der Waals surface area contributed by atoms with Crippen LogP contribution >= 0.6 is 11.6 Å². The van der Waals surface area contributed by atoms with E-state index in [1.165, 1.54) is 19.3 Å². The van der Waals surface area contributed by atoms with Crippen LogP contribution < -0.4 is 9.80 Å². The number of hydrogen-bond acceptors (Lipinski definition) is 6. The van der Waals surface area contributed by atoms with Crippen LogP contribution in [0.5, 0.6) is 0 Å². The van der Waals surface area contributed by atoms with Gasteiger partial charge >= 0.3 is 0 Å². The monoisotopic (exact) mass is 435 g/mol. The Morgan fingerprint density at radius 1 is 0.862 bits per heavy atom. The molecule has 1 aromatic carbocycles. The fourth-order valence-electron chi connectivity index (χ4n) is 3.93. The van der Waals surface area contributed by atoms with Crippen LogP contribution in [0.3, 0.4) is 0 Å². The maximum absolute atomic E-state index is 12.8. The molecule has 3 heterocycles. The lowest BCUT2D eigenvalue weighted by Crippen LogP contribution is -2.49. The van der Waals surface area contributed by atoms with Crippen LogP contribution in [0.1, 0.15) is 24.8 Å². The first-order chi connectivity index (χ1) is 14.0. The third-order valence-corrected chi connectivity index (χ3v) is 7.60. The van der Waals surface area contributed by atoms with Gasteiger partial charge in [-0.25, -0.2) is 18.4 Å². The number of sulfonamides is 1. The van der Waals surface area contributed by atoms with Gasteiger partial charge in [-0.05, 0) is 37.0 Å². The Morgan fingerprint density at radius 2 is 1.52 bits per heavy atom. The Morgan fingerprint density at radius 3 is 2.17 bits per heavy atom. The van der Waals surface area contributed by atoms with Crippen molar-refractivity contribution in [1.29, 1.82) is 0 Å². The van der Waals surface area contributed by atoms with Gasteiger partial charge in [0.15, 0.2) is 0 Å². The van der Waals surface area contributed by atoms with Crippen molar-refractivity contribution in [1.82, 2.24) is 14.3 Å². The molecule has 1 aromatic heterocycles. The van der Waals surface area contributed by atoms with Gasteiger partial charge in [0, 0.05) is 50.4 Å². The molecule has 2 aliphatic rings. The van der Waals surface area contributed by atoms with E-state index in [0.29, 0.717) is 36.8 Å². The molecule has 156 valence electrons. The number of rotatable bonds is 5. The van der Waals surface area contributed by atoms with Crippen molar-refractivity contribution in [2.24, 2.45) is 0 Å². The summed E-state index contributed by atoms with van der Waals surface area (Å²) in [6.45, 7) is 4.20. The Balaban J connectivity index is 1.39. The fourth-order valence-corrected chi connectivity index (χ4v) is 5.65. The molecule has 0 unspecified atom stereocenters. The normalized spacial score (nSPS) is 18.8. The summed E-state index contributed by atoms with van der Waals surface area (Å²) in [4.78, 5) is 13.3. The molecule has 0 N–H and O–H groups in total. The molecule has 0 bridgehead atoms. The second-order valence-electron chi connectivity index (χ2n) is 7.55. The summed E-state index contributed by atoms with van der Waals surface area (Å²) in [5.74, 6) is 1.80. The van der Waals surface area contributed by atoms with Gasteiger partial charge in [0.2, 0.25) is 10.0 Å². The van der Waals surface area contributed by atoms with E-state index in [1.54, 1.807) is 34.9 Å². The second kappa shape index (κ2) is 8.85. The largest absolute Gasteiger partial charge is 0.356 e. The lowest BCUT2D eigenvalue weighted by atomic mass is 10.1. The van der Waals surface area contributed by atoms with E-state index in [9.17, 15) is 8.42 Å². The van der Waals surface area contributed by atoms with Crippen LogP contribution in [0.4, 0.5) is 11.6 Å². The van der Waals surface area contributed by atoms with Crippen LogP contribution in [0.2, 0.25) is 5.02 Å². The van der Waals surface area contributed by atoms with Crippen molar-refractivity contribution in [2.75, 3.05) is 49.1 Å². The maximum Gasteiger partial charge on any atom is 0.218 e. The molecule has 0 saturated carbocycles. The van der Waals surface area contributed by atoms with Crippen LogP contribution in [0.25, 0.3) is 0 Å². The summed E-state index contributed by atoms with van der Waals surface area (Å²) < 4.78 is 27.2. The molecule has 0 atom stereocenters. The van der Waals surface area contributed by atoms with Gasteiger partial charge in [0.05, 0.1) is 5.75 Å². The topological polar surface area (TPSA) is 69.6 Å². The van der Waals surface area contributed by atoms with E-state index >= 15 is 0 Å². The predicted octanol–water partition coefficient (Wildman–Crippen LogP) is 2.77. The van der Waals surface area contributed by atoms with Gasteiger partial charge in [0.1, 0.15) is 18.0 Å². The van der Waals surface area contributed by atoms with Gasteiger partial charge in [-0.2, -0.15) is 4.31 Å². The Labute approximate surface area is 177 Å². The summed E-state index contributed by atoms with van der Waals surface area (Å²) in [5.41, 5.74) is 0.710. The van der Waals surface area contributed by atoms with Crippen molar-refractivity contribution in [2.45, 2.75) is 25.0 Å². The highest BCUT2D eigenvalue weighted by Crippen LogP contribution is 2.23. The van der Waals surface area contributed by atoms with Crippen LogP contribution in [-0.4, -0.2) is 62.0 Å². The molecular formula is C20H26ClN5O2S. The lowest BCUT2D eigenvalue weighted by molar-refractivity contribution is 0.383. The predicted molar refractivity (Wildman–Crippen MR) is 116 cm³/mol. The van der Waals surface area contributed by atoms with Crippen molar-refractivity contribution in [3.8, 4) is 0 Å². The van der Waals surface area contributed by atoms with Crippen molar-refractivity contribution in [3.05, 3.63) is 47.2 Å². The number of anilines is 2. The molecular weight excluding hydrogens is 410 g/mol. The molecule has 2 saturated heterocycles. The van der Waals surface area contributed by atoms with Crippen LogP contribution in [0.15, 0.2) is 36.7 Å². The second-order valence-corrected chi connectivity index (χ2v) is 9.96. The minimum absolute atomic E-state index is 0.0276. The summed E-state index contributed by atoms with van der Waals surface area (Å²) in [6.07, 6.45) is 5.28. The Hall–Kier alpha value is -1.90. The standard InChI is InChI=1S/C20H26ClN5O2S/c21-18-6-4-5-17(13-18)15-29(27,28)26-11-9-25(10-12-26)20-14-19(22-16-23-20)24-7-2-1-3-8-24/h4-6,13-14,16H,1-3,7-12,15H2. The lowest BCUT2D eigenvalue weighted by Gasteiger charge is -2.35. The van der Waals surface area contributed by atoms with Gasteiger partial charge < -0.3 is 9.80 Å². The maximum atomic E-state index is 12.8. The fraction of sp³-hybridized carbons (Fsp3) is 0.500. The highest BCUT2D eigenvalue weighted by molar-refractivity contribution is 7.88. The highest BCUT2D eigenvalue weighted by Gasteiger charge is 2.28. The first kappa shape index (κ1) is 20.4. The Bertz CT molecular complexity index is 941. The molecule has 0 aliphatic carbocycles. The third-order valence-electron chi connectivity index (χ3n) is 5.51. The zero-order valence-electron chi connectivity index (χ0n) is 16.4. The average Bonchev–Trinajstić information content (AvgIpc) is 2.74. The molecule has 2 aromatic rings. The van der Waals surface area contributed by atoms with E-state index in [-0.39, 0.29) is 5.75 Å². The summed E-state index contributed by atoms with van der Waals surface area (Å²) in [6, 6.07) is 9.05. The molecule has 0 radical (unpaired) electrons. The quantitative estimate of drug-likeness (QED) is 0.719. The molecule has 2 fully saturated rings. The molecule has 0 amide bonds. The van der Waals surface area contributed by atoms with Gasteiger partial charge in [-0.3, -0.25) is 0 Å². The number of piperazine rings is 1. The van der Waals surface area contributed by atoms with Crippen LogP contribution in [0, 0.1) is 0 Å². The molecule has 0 spiro atoms. The van der Waals surface area contributed by atoms with E-state index < -0.39 is 10.0 Å². The van der Waals surface area contributed by atoms with Gasteiger partial charge in [0.25, 0.3) is 0 Å². The number of piperidine rings is 1. The van der Waals surface area contributed by atoms with E-state index in [1.807, 2.05) is 6.07 Å². The van der Waals surface area contributed by atoms with E-state index in [4.69, 9.17) is 11.6 Å². The number of halogens is 1. The first-order valence-electron chi connectivity index (χ1n) is 10.1. The first-order valence-corrected chi connectivity index (χ1v) is 12.0. The smallest absolute Gasteiger partial charge is 0.218 e. The van der Waals surface area contributed by atoms with Crippen molar-refractivity contribution in [3.63, 3.8) is 0 Å². The SMILES string of the molecule is O=S(=O)(Cc1cccc(Cl)c1)N1CCN(c2cc(N3CCCCC3)ncn2)CC1. The number of hydrogen-bond donors (Lipinski definition) is 0. The molecule has 9 heteroatoms. The zero-order valence-corrected chi connectivity index (χ0v) is 17.9. The molecule has 2 aliphatic heterocycles. The number of nitrogens with zero attached hydrogens (tertiary/aromatic N) is 5. The van der Waals surface area contributed by atoms with Gasteiger partial charge in [-0.1, -0.05) is 23.7 Å². The highest BCUT2D eigenvalue weighted by atomic mass is 35.5. The van der Waals surface area contributed by atoms with E-state index in [2.05, 4.69) is 19.8 Å². The number of benzene rings is 1. The summed E-state index contributed by atoms with van der Waals surface area (Å²) in [7, 11) is -3.38.